The first-order valence-corrected chi connectivity index (χ1v) is 10.9. The second kappa shape index (κ2) is 10.3. The van der Waals surface area contributed by atoms with E-state index in [4.69, 9.17) is 9.72 Å². The quantitative estimate of drug-likeness (QED) is 0.345. The number of anilines is 3. The van der Waals surface area contributed by atoms with Crippen molar-refractivity contribution in [3.05, 3.63) is 48.8 Å². The smallest absolute Gasteiger partial charge is 0.243 e. The van der Waals surface area contributed by atoms with Crippen molar-refractivity contribution in [2.24, 2.45) is 0 Å². The maximum Gasteiger partial charge on any atom is 0.243 e. The second-order valence-electron chi connectivity index (χ2n) is 7.01. The summed E-state index contributed by atoms with van der Waals surface area (Å²) in [5.74, 6) is 0.544. The van der Waals surface area contributed by atoms with Gasteiger partial charge in [-0.1, -0.05) is 17.9 Å². The fourth-order valence-electron chi connectivity index (χ4n) is 3.22. The van der Waals surface area contributed by atoms with Crippen molar-refractivity contribution < 1.29 is 9.53 Å². The lowest BCUT2D eigenvalue weighted by Gasteiger charge is -2.26. The third kappa shape index (κ3) is 5.97. The average Bonchev–Trinajstić information content (AvgIpc) is 3.19. The van der Waals surface area contributed by atoms with Crippen molar-refractivity contribution in [3.8, 4) is 0 Å². The van der Waals surface area contributed by atoms with E-state index >= 15 is 0 Å². The normalized spacial score (nSPS) is 14.3. The Bertz CT molecular complexity index is 1020. The zero-order valence-electron chi connectivity index (χ0n) is 17.1. The third-order valence-corrected chi connectivity index (χ3v) is 5.60. The van der Waals surface area contributed by atoms with Crippen LogP contribution in [0.3, 0.4) is 0 Å². The van der Waals surface area contributed by atoms with Crippen LogP contribution in [0.15, 0.2) is 43.1 Å². The zero-order chi connectivity index (χ0) is 21.5. The summed E-state index contributed by atoms with van der Waals surface area (Å²) in [6.45, 7) is 8.48. The molecule has 1 aliphatic rings. The van der Waals surface area contributed by atoms with Crippen molar-refractivity contribution in [1.29, 1.82) is 0 Å². The number of thiazole rings is 1. The molecule has 1 saturated heterocycles. The number of nitrogens with one attached hydrogen (secondary N) is 3. The molecule has 0 radical (unpaired) electrons. The summed E-state index contributed by atoms with van der Waals surface area (Å²) in [6.07, 6.45) is 3.03. The van der Waals surface area contributed by atoms with E-state index in [2.05, 4.69) is 37.4 Å². The summed E-state index contributed by atoms with van der Waals surface area (Å²) in [6, 6.07) is 7.81. The van der Waals surface area contributed by atoms with Gasteiger partial charge in [0, 0.05) is 50.7 Å². The lowest BCUT2D eigenvalue weighted by atomic mass is 10.2. The van der Waals surface area contributed by atoms with E-state index in [1.807, 2.05) is 24.3 Å². The van der Waals surface area contributed by atoms with Gasteiger partial charge in [0.2, 0.25) is 5.91 Å². The standard InChI is InChI=1S/C21H25N7O2S/c1-2-19(29)23-7-6-22-18-13-15(12-16(25-18)14-28-8-10-30-11-9-28)26-21-27-17-4-3-5-24-20(17)31-21/h2-5,12-13H,1,6-11,14H2,(H,23,29)(H2,22,25,26,27). The highest BCUT2D eigenvalue weighted by Crippen LogP contribution is 2.28. The molecule has 3 aromatic heterocycles. The Hall–Kier alpha value is -3.08. The van der Waals surface area contributed by atoms with Crippen LogP contribution in [0, 0.1) is 0 Å². The van der Waals surface area contributed by atoms with E-state index in [-0.39, 0.29) is 5.91 Å². The maximum atomic E-state index is 11.3. The number of aromatic nitrogens is 3. The van der Waals surface area contributed by atoms with Crippen LogP contribution < -0.4 is 16.0 Å². The second-order valence-corrected chi connectivity index (χ2v) is 7.99. The molecule has 0 unspecified atom stereocenters. The highest BCUT2D eigenvalue weighted by atomic mass is 32.1. The van der Waals surface area contributed by atoms with Gasteiger partial charge in [0.1, 0.15) is 16.2 Å². The van der Waals surface area contributed by atoms with Crippen LogP contribution in [0.2, 0.25) is 0 Å². The average molecular weight is 440 g/mol. The highest BCUT2D eigenvalue weighted by molar-refractivity contribution is 7.21. The number of morpholine rings is 1. The van der Waals surface area contributed by atoms with E-state index in [9.17, 15) is 4.79 Å². The van der Waals surface area contributed by atoms with Crippen molar-refractivity contribution >= 4 is 44.2 Å². The van der Waals surface area contributed by atoms with Crippen LogP contribution in [0.4, 0.5) is 16.6 Å². The molecule has 0 saturated carbocycles. The van der Waals surface area contributed by atoms with Crippen molar-refractivity contribution in [1.82, 2.24) is 25.2 Å². The SMILES string of the molecule is C=CC(=O)NCCNc1cc(Nc2nc3cccnc3s2)cc(CN2CCOCC2)n1. The largest absolute Gasteiger partial charge is 0.379 e. The number of carbonyl (C=O) groups is 1. The van der Waals surface area contributed by atoms with Gasteiger partial charge in [-0.3, -0.25) is 9.69 Å². The van der Waals surface area contributed by atoms with Gasteiger partial charge in [0.25, 0.3) is 0 Å². The monoisotopic (exact) mass is 439 g/mol. The van der Waals surface area contributed by atoms with Gasteiger partial charge in [-0.2, -0.15) is 0 Å². The van der Waals surface area contributed by atoms with Gasteiger partial charge in [0.05, 0.1) is 18.9 Å². The van der Waals surface area contributed by atoms with E-state index in [0.717, 1.165) is 65.5 Å². The molecule has 0 spiro atoms. The molecule has 1 fully saturated rings. The van der Waals surface area contributed by atoms with Gasteiger partial charge in [-0.25, -0.2) is 15.0 Å². The number of ether oxygens (including phenoxy) is 1. The van der Waals surface area contributed by atoms with Crippen LogP contribution >= 0.6 is 11.3 Å². The van der Waals surface area contributed by atoms with Gasteiger partial charge in [-0.05, 0) is 24.3 Å². The first kappa shape index (κ1) is 21.2. The van der Waals surface area contributed by atoms with Crippen molar-refractivity contribution in [2.75, 3.05) is 50.0 Å². The first-order chi connectivity index (χ1) is 15.2. The molecule has 0 atom stereocenters. The molecule has 0 aliphatic carbocycles. The molecule has 4 heterocycles. The van der Waals surface area contributed by atoms with E-state index < -0.39 is 0 Å². The molecule has 1 amide bonds. The third-order valence-electron chi connectivity index (χ3n) is 4.70. The number of carbonyl (C=O) groups excluding carboxylic acids is 1. The highest BCUT2D eigenvalue weighted by Gasteiger charge is 2.13. The first-order valence-electron chi connectivity index (χ1n) is 10.1. The lowest BCUT2D eigenvalue weighted by molar-refractivity contribution is -0.116. The summed E-state index contributed by atoms with van der Waals surface area (Å²) in [4.78, 5) is 28.3. The van der Waals surface area contributed by atoms with E-state index in [0.29, 0.717) is 13.1 Å². The Labute approximate surface area is 184 Å². The molecule has 0 bridgehead atoms. The van der Waals surface area contributed by atoms with E-state index in [1.54, 1.807) is 6.20 Å². The number of fused-ring (bicyclic) bond motifs is 1. The molecule has 4 rings (SSSR count). The summed E-state index contributed by atoms with van der Waals surface area (Å²) < 4.78 is 5.45. The molecule has 3 N–H and O–H groups in total. The van der Waals surface area contributed by atoms with E-state index in [1.165, 1.54) is 17.4 Å². The molecule has 0 aromatic carbocycles. The Morgan fingerprint density at radius 1 is 1.26 bits per heavy atom. The van der Waals surface area contributed by atoms with Crippen LogP contribution in [0.5, 0.6) is 0 Å². The van der Waals surface area contributed by atoms with Crippen molar-refractivity contribution in [3.63, 3.8) is 0 Å². The number of pyridine rings is 2. The number of rotatable bonds is 9. The number of hydrogen-bond donors (Lipinski definition) is 3. The summed E-state index contributed by atoms with van der Waals surface area (Å²) in [7, 11) is 0. The van der Waals surface area contributed by atoms with Gasteiger partial charge in [-0.15, -0.1) is 0 Å². The predicted molar refractivity (Wildman–Crippen MR) is 123 cm³/mol. The summed E-state index contributed by atoms with van der Waals surface area (Å²) in [5, 5.41) is 10.2. The molecule has 162 valence electrons. The summed E-state index contributed by atoms with van der Waals surface area (Å²) in [5.41, 5.74) is 2.72. The fourth-order valence-corrected chi connectivity index (χ4v) is 4.04. The maximum absolute atomic E-state index is 11.3. The molecular formula is C21H25N7O2S. The number of hydrogen-bond acceptors (Lipinski definition) is 9. The predicted octanol–water partition coefficient (Wildman–Crippen LogP) is 2.38. The van der Waals surface area contributed by atoms with Crippen LogP contribution in [0.1, 0.15) is 5.69 Å². The summed E-state index contributed by atoms with van der Waals surface area (Å²) >= 11 is 1.51. The van der Waals surface area contributed by atoms with Gasteiger partial charge >= 0.3 is 0 Å². The van der Waals surface area contributed by atoms with Crippen molar-refractivity contribution in [2.45, 2.75) is 6.54 Å². The van der Waals surface area contributed by atoms with Gasteiger partial charge < -0.3 is 20.7 Å². The Morgan fingerprint density at radius 3 is 2.94 bits per heavy atom. The van der Waals surface area contributed by atoms with Crippen LogP contribution in [-0.2, 0) is 16.1 Å². The molecule has 9 nitrogen and oxygen atoms in total. The Kier molecular flexibility index (Phi) is 7.03. The van der Waals surface area contributed by atoms with Crippen LogP contribution in [0.25, 0.3) is 10.3 Å². The number of amides is 1. The Balaban J connectivity index is 1.49. The lowest BCUT2D eigenvalue weighted by Crippen LogP contribution is -2.35. The minimum Gasteiger partial charge on any atom is -0.379 e. The molecule has 1 aliphatic heterocycles. The topological polar surface area (TPSA) is 104 Å². The zero-order valence-corrected chi connectivity index (χ0v) is 18.0. The number of nitrogens with zero attached hydrogens (tertiary/aromatic N) is 4. The minimum absolute atomic E-state index is 0.192. The molecular weight excluding hydrogens is 414 g/mol. The molecule has 31 heavy (non-hydrogen) atoms. The Morgan fingerprint density at radius 2 is 2.13 bits per heavy atom. The van der Waals surface area contributed by atoms with Gasteiger partial charge in [0.15, 0.2) is 5.13 Å². The minimum atomic E-state index is -0.192. The van der Waals surface area contributed by atoms with Crippen LogP contribution in [-0.4, -0.2) is 65.2 Å². The molecule has 3 aromatic rings. The molecule has 10 heteroatoms. The fraction of sp³-hybridized carbons (Fsp3) is 0.333.